The van der Waals surface area contributed by atoms with Gasteiger partial charge in [-0.05, 0) is 11.8 Å². The fourth-order valence-corrected chi connectivity index (χ4v) is 2.71. The molecular weight excluding hydrogens is 196 g/mol. The zero-order valence-corrected chi connectivity index (χ0v) is 9.85. The molecule has 1 aliphatic carbocycles. The van der Waals surface area contributed by atoms with Gasteiger partial charge in [0.2, 0.25) is 0 Å². The van der Waals surface area contributed by atoms with Gasteiger partial charge in [0.15, 0.2) is 0 Å². The maximum Gasteiger partial charge on any atom is 0.147 e. The van der Waals surface area contributed by atoms with Gasteiger partial charge in [0.05, 0.1) is 5.88 Å². The molecular formula is C12H21ClO. The fourth-order valence-electron chi connectivity index (χ4n) is 2.60. The van der Waals surface area contributed by atoms with Gasteiger partial charge in [0.1, 0.15) is 5.78 Å². The zero-order valence-electron chi connectivity index (χ0n) is 9.10. The Labute approximate surface area is 92.2 Å². The van der Waals surface area contributed by atoms with Crippen molar-refractivity contribution in [1.29, 1.82) is 0 Å². The summed E-state index contributed by atoms with van der Waals surface area (Å²) in [7, 11) is 0. The van der Waals surface area contributed by atoms with Crippen LogP contribution in [0.15, 0.2) is 0 Å². The predicted octanol–water partition coefficient (Wildman–Crippen LogP) is 3.79. The molecule has 0 heterocycles. The van der Waals surface area contributed by atoms with Crippen molar-refractivity contribution >= 4 is 17.4 Å². The van der Waals surface area contributed by atoms with Crippen molar-refractivity contribution in [2.45, 2.75) is 51.9 Å². The first-order chi connectivity index (χ1) is 6.77. The number of Topliss-reactive ketones (excluding diaryl/α,β-unsaturated/α-hetero) is 1. The normalized spacial score (nSPS) is 20.7. The lowest BCUT2D eigenvalue weighted by atomic mass is 9.77. The highest BCUT2D eigenvalue weighted by Crippen LogP contribution is 2.33. The lowest BCUT2D eigenvalue weighted by Crippen LogP contribution is -2.20. The lowest BCUT2D eigenvalue weighted by molar-refractivity contribution is -0.118. The van der Waals surface area contributed by atoms with Gasteiger partial charge in [0, 0.05) is 6.42 Å². The van der Waals surface area contributed by atoms with Crippen LogP contribution in [-0.4, -0.2) is 11.7 Å². The Bertz CT molecular complexity index is 173. The van der Waals surface area contributed by atoms with Crippen LogP contribution in [0.5, 0.6) is 0 Å². The molecule has 82 valence electrons. The lowest BCUT2D eigenvalue weighted by Gasteiger charge is -2.29. The van der Waals surface area contributed by atoms with Crippen LogP contribution in [0.1, 0.15) is 51.9 Å². The molecule has 0 aliphatic heterocycles. The maximum absolute atomic E-state index is 11.3. The average molecular weight is 217 g/mol. The summed E-state index contributed by atoms with van der Waals surface area (Å²) in [6, 6.07) is 0. The van der Waals surface area contributed by atoms with Crippen LogP contribution in [0.25, 0.3) is 0 Å². The van der Waals surface area contributed by atoms with Gasteiger partial charge in [-0.2, -0.15) is 0 Å². The van der Waals surface area contributed by atoms with Crippen LogP contribution in [0, 0.1) is 11.8 Å². The highest BCUT2D eigenvalue weighted by molar-refractivity contribution is 6.27. The topological polar surface area (TPSA) is 17.1 Å². The quantitative estimate of drug-likeness (QED) is 0.639. The molecule has 0 bridgehead atoms. The van der Waals surface area contributed by atoms with Crippen molar-refractivity contribution in [2.24, 2.45) is 11.8 Å². The van der Waals surface area contributed by atoms with Crippen LogP contribution in [0.4, 0.5) is 0 Å². The third-order valence-corrected chi connectivity index (χ3v) is 3.78. The van der Waals surface area contributed by atoms with E-state index in [0.29, 0.717) is 12.3 Å². The van der Waals surface area contributed by atoms with E-state index in [1.54, 1.807) is 0 Å². The van der Waals surface area contributed by atoms with Gasteiger partial charge in [-0.15, -0.1) is 11.6 Å². The molecule has 0 aromatic heterocycles. The Kier molecular flexibility index (Phi) is 5.54. The standard InChI is InChI=1S/C12H21ClO/c1-2-10(8-12(14)9-13)11-6-4-3-5-7-11/h10-11H,2-9H2,1H3. The number of halogens is 1. The molecule has 1 atom stereocenters. The fraction of sp³-hybridized carbons (Fsp3) is 0.917. The first-order valence-corrected chi connectivity index (χ1v) is 6.39. The van der Waals surface area contributed by atoms with Gasteiger partial charge in [-0.25, -0.2) is 0 Å². The van der Waals surface area contributed by atoms with E-state index in [1.165, 1.54) is 32.1 Å². The monoisotopic (exact) mass is 216 g/mol. The minimum atomic E-state index is 0.198. The van der Waals surface area contributed by atoms with E-state index in [2.05, 4.69) is 6.92 Å². The largest absolute Gasteiger partial charge is 0.298 e. The molecule has 1 fully saturated rings. The first kappa shape index (κ1) is 12.0. The third-order valence-electron chi connectivity index (χ3n) is 3.48. The van der Waals surface area contributed by atoms with E-state index in [0.717, 1.165) is 12.3 Å². The number of hydrogen-bond donors (Lipinski definition) is 0. The summed E-state index contributed by atoms with van der Waals surface area (Å²) in [4.78, 5) is 11.3. The molecule has 0 aromatic rings. The van der Waals surface area contributed by atoms with E-state index in [9.17, 15) is 4.79 Å². The van der Waals surface area contributed by atoms with Crippen LogP contribution in [0.3, 0.4) is 0 Å². The summed E-state index contributed by atoms with van der Waals surface area (Å²) in [6.45, 7) is 2.20. The van der Waals surface area contributed by atoms with Crippen molar-refractivity contribution in [2.75, 3.05) is 5.88 Å². The molecule has 0 radical (unpaired) electrons. The smallest absolute Gasteiger partial charge is 0.147 e. The van der Waals surface area contributed by atoms with Crippen LogP contribution in [-0.2, 0) is 4.79 Å². The highest BCUT2D eigenvalue weighted by atomic mass is 35.5. The van der Waals surface area contributed by atoms with Crippen molar-refractivity contribution in [3.05, 3.63) is 0 Å². The maximum atomic E-state index is 11.3. The second-order valence-corrected chi connectivity index (χ2v) is 4.71. The molecule has 1 saturated carbocycles. The van der Waals surface area contributed by atoms with E-state index >= 15 is 0 Å². The number of hydrogen-bond acceptors (Lipinski definition) is 1. The molecule has 14 heavy (non-hydrogen) atoms. The van der Waals surface area contributed by atoms with Gasteiger partial charge >= 0.3 is 0 Å². The van der Waals surface area contributed by atoms with Crippen LogP contribution < -0.4 is 0 Å². The number of rotatable bonds is 5. The zero-order chi connectivity index (χ0) is 10.4. The summed E-state index contributed by atoms with van der Waals surface area (Å²) >= 11 is 5.54. The second kappa shape index (κ2) is 6.44. The van der Waals surface area contributed by atoms with E-state index in [-0.39, 0.29) is 11.7 Å². The average Bonchev–Trinajstić information content (AvgIpc) is 2.26. The number of carbonyl (C=O) groups excluding carboxylic acids is 1. The molecule has 0 saturated heterocycles. The first-order valence-electron chi connectivity index (χ1n) is 5.85. The minimum absolute atomic E-state index is 0.198. The summed E-state index contributed by atoms with van der Waals surface area (Å²) in [5.41, 5.74) is 0. The van der Waals surface area contributed by atoms with Gasteiger partial charge in [0.25, 0.3) is 0 Å². The van der Waals surface area contributed by atoms with Gasteiger partial charge in [-0.1, -0.05) is 45.4 Å². The SMILES string of the molecule is CCC(CC(=O)CCl)C1CCCCC1. The molecule has 2 heteroatoms. The van der Waals surface area contributed by atoms with E-state index < -0.39 is 0 Å². The third kappa shape index (κ3) is 3.61. The summed E-state index contributed by atoms with van der Waals surface area (Å²) in [6.07, 6.45) is 8.60. The van der Waals surface area contributed by atoms with Gasteiger partial charge < -0.3 is 0 Å². The Hall–Kier alpha value is -0.0400. The minimum Gasteiger partial charge on any atom is -0.298 e. The molecule has 1 nitrogen and oxygen atoms in total. The van der Waals surface area contributed by atoms with Crippen molar-refractivity contribution in [3.8, 4) is 0 Å². The Balaban J connectivity index is 2.39. The number of alkyl halides is 1. The van der Waals surface area contributed by atoms with E-state index in [1.807, 2.05) is 0 Å². The van der Waals surface area contributed by atoms with E-state index in [4.69, 9.17) is 11.6 Å². The highest BCUT2D eigenvalue weighted by Gasteiger charge is 2.23. The Morgan fingerprint density at radius 2 is 2.00 bits per heavy atom. The van der Waals surface area contributed by atoms with Crippen LogP contribution >= 0.6 is 11.6 Å². The van der Waals surface area contributed by atoms with Crippen LogP contribution in [0.2, 0.25) is 0 Å². The number of ketones is 1. The second-order valence-electron chi connectivity index (χ2n) is 4.44. The van der Waals surface area contributed by atoms with Gasteiger partial charge in [-0.3, -0.25) is 4.79 Å². The predicted molar refractivity (Wildman–Crippen MR) is 60.7 cm³/mol. The summed E-state index contributed by atoms with van der Waals surface area (Å²) < 4.78 is 0. The Morgan fingerprint density at radius 1 is 1.36 bits per heavy atom. The van der Waals surface area contributed by atoms with Crippen molar-refractivity contribution in [3.63, 3.8) is 0 Å². The molecule has 1 unspecified atom stereocenters. The number of carbonyl (C=O) groups is 1. The molecule has 1 aliphatic rings. The molecule has 0 aromatic carbocycles. The Morgan fingerprint density at radius 3 is 2.50 bits per heavy atom. The van der Waals surface area contributed by atoms with Crippen molar-refractivity contribution < 1.29 is 4.79 Å². The molecule has 0 spiro atoms. The molecule has 0 N–H and O–H groups in total. The van der Waals surface area contributed by atoms with Crippen molar-refractivity contribution in [1.82, 2.24) is 0 Å². The molecule has 0 amide bonds. The summed E-state index contributed by atoms with van der Waals surface area (Å²) in [5, 5.41) is 0. The molecule has 1 rings (SSSR count). The summed E-state index contributed by atoms with van der Waals surface area (Å²) in [5.74, 6) is 1.81.